The van der Waals surface area contributed by atoms with Gasteiger partial charge in [-0.25, -0.2) is 5.43 Å². The number of carbonyl (C=O) groups is 1. The van der Waals surface area contributed by atoms with Crippen LogP contribution in [0.5, 0.6) is 5.75 Å². The van der Waals surface area contributed by atoms with Gasteiger partial charge in [-0.2, -0.15) is 5.10 Å². The molecule has 0 spiro atoms. The zero-order valence-corrected chi connectivity index (χ0v) is 22.8. The molecule has 1 N–H and O–H groups in total. The smallest absolute Gasteiger partial charge is 0.250 e. The maximum Gasteiger partial charge on any atom is 0.250 e. The van der Waals surface area contributed by atoms with Gasteiger partial charge < -0.3 is 4.74 Å². The fraction of sp³-hybridized carbons (Fsp3) is 0.154. The Bertz CT molecular complexity index is 1360. The van der Waals surface area contributed by atoms with Gasteiger partial charge in [-0.15, -0.1) is 10.2 Å². The monoisotopic (exact) mass is 583 g/mol. The second-order valence-electron chi connectivity index (χ2n) is 7.60. The van der Waals surface area contributed by atoms with Crippen molar-refractivity contribution in [3.8, 4) is 22.8 Å². The Hall–Kier alpha value is -3.14. The van der Waals surface area contributed by atoms with Crippen molar-refractivity contribution in [2.45, 2.75) is 19.0 Å². The number of ether oxygens (including phenoxy) is 1. The van der Waals surface area contributed by atoms with E-state index >= 15 is 0 Å². The third-order valence-electron chi connectivity index (χ3n) is 5.08. The summed E-state index contributed by atoms with van der Waals surface area (Å²) >= 11 is 10.8. The van der Waals surface area contributed by atoms with Gasteiger partial charge in [0.05, 0.1) is 18.1 Å². The van der Waals surface area contributed by atoms with Crippen molar-refractivity contribution in [1.29, 1.82) is 0 Å². The lowest BCUT2D eigenvalue weighted by molar-refractivity contribution is -0.118. The Morgan fingerprint density at radius 3 is 2.42 bits per heavy atom. The summed E-state index contributed by atoms with van der Waals surface area (Å²) in [5.74, 6) is 1.29. The second kappa shape index (κ2) is 12.2. The number of hydrogen-bond donors (Lipinski definition) is 1. The number of hydrazone groups is 1. The first-order valence-corrected chi connectivity index (χ1v) is 13.3. The Morgan fingerprint density at radius 1 is 1.06 bits per heavy atom. The van der Waals surface area contributed by atoms with Gasteiger partial charge in [0.1, 0.15) is 5.75 Å². The summed E-state index contributed by atoms with van der Waals surface area (Å²) in [7, 11) is 0. The van der Waals surface area contributed by atoms with Gasteiger partial charge in [0.25, 0.3) is 5.91 Å². The summed E-state index contributed by atoms with van der Waals surface area (Å²) in [6.07, 6.45) is 0. The Kier molecular flexibility index (Phi) is 8.79. The van der Waals surface area contributed by atoms with E-state index in [0.29, 0.717) is 28.3 Å². The highest BCUT2D eigenvalue weighted by Crippen LogP contribution is 2.29. The number of hydrogen-bond acceptors (Lipinski definition) is 6. The molecule has 0 fully saturated rings. The normalized spacial score (nSPS) is 11.4. The molecule has 4 rings (SSSR count). The molecule has 4 aromatic rings. The molecule has 10 heteroatoms. The molecule has 0 saturated carbocycles. The number of rotatable bonds is 9. The van der Waals surface area contributed by atoms with E-state index in [9.17, 15) is 4.79 Å². The molecule has 0 atom stereocenters. The SMILES string of the molecule is CCOc1ccc(-n2c(SCC(=O)N/N=C(\C)c3ccc(Br)cc3)nnc2-c2ccc(Cl)cc2)cc1. The van der Waals surface area contributed by atoms with Gasteiger partial charge in [0.2, 0.25) is 0 Å². The van der Waals surface area contributed by atoms with Crippen molar-refractivity contribution in [1.82, 2.24) is 20.2 Å². The first-order valence-electron chi connectivity index (χ1n) is 11.1. The van der Waals surface area contributed by atoms with Crippen molar-refractivity contribution >= 4 is 50.9 Å². The maximum absolute atomic E-state index is 12.5. The summed E-state index contributed by atoms with van der Waals surface area (Å²) in [6, 6.07) is 22.8. The number of carbonyl (C=O) groups excluding carboxylic acids is 1. The van der Waals surface area contributed by atoms with Crippen LogP contribution in [0.1, 0.15) is 19.4 Å². The Morgan fingerprint density at radius 2 is 1.75 bits per heavy atom. The van der Waals surface area contributed by atoms with Crippen LogP contribution in [0, 0.1) is 0 Å². The zero-order valence-electron chi connectivity index (χ0n) is 19.6. The van der Waals surface area contributed by atoms with E-state index in [4.69, 9.17) is 16.3 Å². The molecule has 36 heavy (non-hydrogen) atoms. The van der Waals surface area contributed by atoms with Crippen LogP contribution in [-0.4, -0.2) is 38.7 Å². The molecule has 0 aliphatic carbocycles. The summed E-state index contributed by atoms with van der Waals surface area (Å²) in [6.45, 7) is 4.37. The van der Waals surface area contributed by atoms with Crippen LogP contribution in [0.3, 0.4) is 0 Å². The molecule has 7 nitrogen and oxygen atoms in total. The standard InChI is InChI=1S/C26H23BrClN5O2S/c1-3-35-23-14-12-22(13-15-23)33-25(19-6-10-21(28)11-7-19)31-32-26(33)36-16-24(34)30-29-17(2)18-4-8-20(27)9-5-18/h4-15H,3,16H2,1-2H3,(H,30,34)/b29-17+. The number of thioether (sulfide) groups is 1. The molecule has 3 aromatic carbocycles. The molecular formula is C26H23BrClN5O2S. The molecule has 184 valence electrons. The van der Waals surface area contributed by atoms with Gasteiger partial charge in [0.15, 0.2) is 11.0 Å². The lowest BCUT2D eigenvalue weighted by Crippen LogP contribution is -2.21. The number of nitrogens with one attached hydrogen (secondary N) is 1. The minimum atomic E-state index is -0.245. The molecule has 1 aromatic heterocycles. The summed E-state index contributed by atoms with van der Waals surface area (Å²) in [4.78, 5) is 12.5. The average molecular weight is 585 g/mol. The van der Waals surface area contributed by atoms with Crippen LogP contribution in [0.2, 0.25) is 5.02 Å². The lowest BCUT2D eigenvalue weighted by Gasteiger charge is -2.11. The number of amides is 1. The largest absolute Gasteiger partial charge is 0.494 e. The highest BCUT2D eigenvalue weighted by Gasteiger charge is 2.17. The highest BCUT2D eigenvalue weighted by atomic mass is 79.9. The molecular weight excluding hydrogens is 562 g/mol. The number of nitrogens with zero attached hydrogens (tertiary/aromatic N) is 4. The molecule has 0 unspecified atom stereocenters. The van der Waals surface area contributed by atoms with Crippen molar-refractivity contribution in [2.24, 2.45) is 5.10 Å². The van der Waals surface area contributed by atoms with E-state index in [-0.39, 0.29) is 11.7 Å². The third kappa shape index (κ3) is 6.54. The lowest BCUT2D eigenvalue weighted by atomic mass is 10.1. The molecule has 1 heterocycles. The molecule has 0 saturated heterocycles. The molecule has 0 aliphatic heterocycles. The van der Waals surface area contributed by atoms with Crippen LogP contribution in [0.4, 0.5) is 0 Å². The Balaban J connectivity index is 1.53. The van der Waals surface area contributed by atoms with Gasteiger partial charge in [0, 0.05) is 20.7 Å². The van der Waals surface area contributed by atoms with Crippen molar-refractivity contribution in [2.75, 3.05) is 12.4 Å². The van der Waals surface area contributed by atoms with Crippen molar-refractivity contribution in [3.63, 3.8) is 0 Å². The Labute approximate surface area is 227 Å². The van der Waals surface area contributed by atoms with Crippen LogP contribution in [-0.2, 0) is 4.79 Å². The van der Waals surface area contributed by atoms with E-state index in [1.165, 1.54) is 11.8 Å². The van der Waals surface area contributed by atoms with Crippen molar-refractivity contribution in [3.05, 3.63) is 87.9 Å². The number of aromatic nitrogens is 3. The van der Waals surface area contributed by atoms with E-state index in [2.05, 4.69) is 36.7 Å². The van der Waals surface area contributed by atoms with E-state index in [1.54, 1.807) is 12.1 Å². The highest BCUT2D eigenvalue weighted by molar-refractivity contribution is 9.10. The maximum atomic E-state index is 12.5. The summed E-state index contributed by atoms with van der Waals surface area (Å²) in [5.41, 5.74) is 5.96. The van der Waals surface area contributed by atoms with E-state index in [0.717, 1.165) is 27.0 Å². The molecule has 0 aliphatic rings. The van der Waals surface area contributed by atoms with E-state index < -0.39 is 0 Å². The van der Waals surface area contributed by atoms with Crippen LogP contribution in [0.15, 0.2) is 87.5 Å². The predicted octanol–water partition coefficient (Wildman–Crippen LogP) is 6.38. The van der Waals surface area contributed by atoms with Gasteiger partial charge in [-0.1, -0.05) is 51.4 Å². The van der Waals surface area contributed by atoms with Crippen molar-refractivity contribution < 1.29 is 9.53 Å². The fourth-order valence-corrected chi connectivity index (χ4v) is 4.44. The summed E-state index contributed by atoms with van der Waals surface area (Å²) in [5, 5.41) is 14.2. The minimum absolute atomic E-state index is 0.118. The topological polar surface area (TPSA) is 81.4 Å². The molecule has 0 bridgehead atoms. The number of benzene rings is 3. The third-order valence-corrected chi connectivity index (χ3v) is 6.79. The van der Waals surface area contributed by atoms with Crippen LogP contribution in [0.25, 0.3) is 17.1 Å². The average Bonchev–Trinajstić information content (AvgIpc) is 3.31. The summed E-state index contributed by atoms with van der Waals surface area (Å²) < 4.78 is 8.46. The molecule has 0 radical (unpaired) electrons. The number of halogens is 2. The van der Waals surface area contributed by atoms with Gasteiger partial charge in [-0.05, 0) is 80.1 Å². The van der Waals surface area contributed by atoms with Crippen LogP contribution >= 0.6 is 39.3 Å². The predicted molar refractivity (Wildman–Crippen MR) is 148 cm³/mol. The first kappa shape index (κ1) is 25.9. The van der Waals surface area contributed by atoms with Gasteiger partial charge >= 0.3 is 0 Å². The first-order chi connectivity index (χ1) is 17.4. The zero-order chi connectivity index (χ0) is 25.5. The van der Waals surface area contributed by atoms with Crippen LogP contribution < -0.4 is 10.2 Å². The molecule has 1 amide bonds. The fourth-order valence-electron chi connectivity index (χ4n) is 3.30. The quantitative estimate of drug-likeness (QED) is 0.140. The second-order valence-corrected chi connectivity index (χ2v) is 9.90. The van der Waals surface area contributed by atoms with E-state index in [1.807, 2.05) is 79.1 Å². The van der Waals surface area contributed by atoms with Gasteiger partial charge in [-0.3, -0.25) is 9.36 Å². The minimum Gasteiger partial charge on any atom is -0.494 e.